The summed E-state index contributed by atoms with van der Waals surface area (Å²) in [6, 6.07) is 0. The van der Waals surface area contributed by atoms with Crippen LogP contribution < -0.4 is 0 Å². The van der Waals surface area contributed by atoms with Crippen LogP contribution in [-0.4, -0.2) is 13.3 Å². The van der Waals surface area contributed by atoms with Gasteiger partial charge in [-0.05, 0) is 0 Å². The molecule has 0 spiro atoms. The van der Waals surface area contributed by atoms with Crippen LogP contribution in [-0.2, 0) is 4.57 Å². The van der Waals surface area contributed by atoms with Gasteiger partial charge >= 0.3 is 7.80 Å². The van der Waals surface area contributed by atoms with Gasteiger partial charge in [0, 0.05) is 0 Å². The molecule has 0 atom stereocenters. The Hall–Kier alpha value is 0.100. The second-order valence-corrected chi connectivity index (χ2v) is 2.44. The zero-order valence-electron chi connectivity index (χ0n) is 3.86. The predicted octanol–water partition coefficient (Wildman–Crippen LogP) is 1.52. The Morgan fingerprint density at radius 2 is 1.40 bits per heavy atom. The standard InChI is InChI=1S/C2H6OP.CH3/c1-4(2)3;/h1-2H3;1H3/q+1;-1. The van der Waals surface area contributed by atoms with Crippen LogP contribution in [0.25, 0.3) is 0 Å². The van der Waals surface area contributed by atoms with Crippen molar-refractivity contribution in [2.24, 2.45) is 0 Å². The van der Waals surface area contributed by atoms with E-state index in [1.807, 2.05) is 0 Å². The fourth-order valence-corrected chi connectivity index (χ4v) is 0. The summed E-state index contributed by atoms with van der Waals surface area (Å²) in [4.78, 5) is 0. The summed E-state index contributed by atoms with van der Waals surface area (Å²) in [6.07, 6.45) is 0. The second kappa shape index (κ2) is 4.10. The maximum atomic E-state index is 9.59. The summed E-state index contributed by atoms with van der Waals surface area (Å²) in [5.74, 6) is 0. The first-order valence-electron chi connectivity index (χ1n) is 1.08. The summed E-state index contributed by atoms with van der Waals surface area (Å²) < 4.78 is 9.59. The lowest BCUT2D eigenvalue weighted by atomic mass is 11.9. The highest BCUT2D eigenvalue weighted by molar-refractivity contribution is 7.42. The monoisotopic (exact) mass is 92.0 g/mol. The van der Waals surface area contributed by atoms with Gasteiger partial charge in [-0.3, -0.25) is 0 Å². The van der Waals surface area contributed by atoms with E-state index < -0.39 is 7.80 Å². The van der Waals surface area contributed by atoms with Crippen molar-refractivity contribution in [2.45, 2.75) is 0 Å². The average Bonchev–Trinajstić information content (AvgIpc) is 0.811. The van der Waals surface area contributed by atoms with Crippen molar-refractivity contribution >= 4 is 7.80 Å². The van der Waals surface area contributed by atoms with Gasteiger partial charge in [-0.1, -0.05) is 4.57 Å². The van der Waals surface area contributed by atoms with Crippen LogP contribution in [0.3, 0.4) is 0 Å². The highest BCUT2D eigenvalue weighted by Gasteiger charge is 1.80. The molecular formula is C3H9OP. The van der Waals surface area contributed by atoms with Gasteiger partial charge in [0.1, 0.15) is 13.3 Å². The molecule has 0 fully saturated rings. The molecule has 0 aliphatic rings. The van der Waals surface area contributed by atoms with E-state index in [4.69, 9.17) is 0 Å². The molecule has 0 bridgehead atoms. The molecule has 0 radical (unpaired) electrons. The minimum Gasteiger partial charge on any atom is -0.358 e. The second-order valence-electron chi connectivity index (χ2n) is 0.812. The van der Waals surface area contributed by atoms with Gasteiger partial charge in [-0.2, -0.15) is 0 Å². The SMILES string of the molecule is C[P+](C)=O.[CH3-]. The lowest BCUT2D eigenvalue weighted by molar-refractivity contribution is 0.594. The highest BCUT2D eigenvalue weighted by Crippen LogP contribution is 2.00. The van der Waals surface area contributed by atoms with Crippen LogP contribution in [0.5, 0.6) is 0 Å². The predicted molar refractivity (Wildman–Crippen MR) is 25.9 cm³/mol. The van der Waals surface area contributed by atoms with Crippen LogP contribution >= 0.6 is 7.80 Å². The van der Waals surface area contributed by atoms with Crippen LogP contribution in [0.2, 0.25) is 0 Å². The lowest BCUT2D eigenvalue weighted by Crippen LogP contribution is -1.33. The number of hydrogen-bond acceptors (Lipinski definition) is 1. The topological polar surface area (TPSA) is 17.1 Å². The summed E-state index contributed by atoms with van der Waals surface area (Å²) in [5, 5.41) is 0. The van der Waals surface area contributed by atoms with Gasteiger partial charge in [0.05, 0.1) is 0 Å². The van der Waals surface area contributed by atoms with E-state index in [2.05, 4.69) is 0 Å². The van der Waals surface area contributed by atoms with Gasteiger partial charge in [-0.15, -0.1) is 0 Å². The summed E-state index contributed by atoms with van der Waals surface area (Å²) in [5.41, 5.74) is 0. The molecule has 0 saturated carbocycles. The minimum absolute atomic E-state index is 0. The normalized spacial score (nSPS) is 5.20. The molecule has 5 heavy (non-hydrogen) atoms. The van der Waals surface area contributed by atoms with Crippen LogP contribution in [0, 0.1) is 7.43 Å². The minimum atomic E-state index is -0.870. The van der Waals surface area contributed by atoms with Crippen LogP contribution in [0.15, 0.2) is 0 Å². The van der Waals surface area contributed by atoms with E-state index in [-0.39, 0.29) is 7.43 Å². The van der Waals surface area contributed by atoms with E-state index >= 15 is 0 Å². The quantitative estimate of drug-likeness (QED) is 0.327. The average molecular weight is 92.1 g/mol. The molecule has 0 heterocycles. The van der Waals surface area contributed by atoms with Gasteiger partial charge in [0.2, 0.25) is 0 Å². The molecule has 0 saturated heterocycles. The Morgan fingerprint density at radius 1 is 1.40 bits per heavy atom. The third-order valence-corrected chi connectivity index (χ3v) is 0. The molecule has 0 amide bonds. The first-order chi connectivity index (χ1) is 1.73. The Bertz CT molecular complexity index is 29.9. The van der Waals surface area contributed by atoms with Gasteiger partial charge in [0.25, 0.3) is 0 Å². The van der Waals surface area contributed by atoms with Gasteiger partial charge in [0.15, 0.2) is 0 Å². The molecule has 0 aromatic heterocycles. The fourth-order valence-electron chi connectivity index (χ4n) is 0. The zero-order chi connectivity index (χ0) is 3.58. The van der Waals surface area contributed by atoms with Crippen molar-refractivity contribution in [3.63, 3.8) is 0 Å². The Labute approximate surface area is 34.2 Å². The molecule has 0 rings (SSSR count). The van der Waals surface area contributed by atoms with Crippen LogP contribution in [0.4, 0.5) is 0 Å². The maximum absolute atomic E-state index is 9.59. The molecular weight excluding hydrogens is 83.0 g/mol. The van der Waals surface area contributed by atoms with Crippen molar-refractivity contribution in [3.05, 3.63) is 7.43 Å². The van der Waals surface area contributed by atoms with E-state index in [1.54, 1.807) is 13.3 Å². The van der Waals surface area contributed by atoms with E-state index in [9.17, 15) is 4.57 Å². The molecule has 2 heteroatoms. The first kappa shape index (κ1) is 8.92. The molecule has 32 valence electrons. The maximum Gasteiger partial charge on any atom is 0.332 e. The Morgan fingerprint density at radius 3 is 1.40 bits per heavy atom. The van der Waals surface area contributed by atoms with Crippen molar-refractivity contribution in [2.75, 3.05) is 13.3 Å². The van der Waals surface area contributed by atoms with Crippen molar-refractivity contribution in [1.82, 2.24) is 0 Å². The molecule has 0 unspecified atom stereocenters. The third kappa shape index (κ3) is 1810. The molecule has 1 nitrogen and oxygen atoms in total. The van der Waals surface area contributed by atoms with Crippen LogP contribution in [0.1, 0.15) is 0 Å². The smallest absolute Gasteiger partial charge is 0.332 e. The largest absolute Gasteiger partial charge is 0.358 e. The molecule has 0 aliphatic carbocycles. The van der Waals surface area contributed by atoms with Gasteiger partial charge < -0.3 is 7.43 Å². The summed E-state index contributed by atoms with van der Waals surface area (Å²) >= 11 is 0. The first-order valence-corrected chi connectivity index (χ1v) is 3.23. The van der Waals surface area contributed by atoms with Crippen molar-refractivity contribution < 1.29 is 4.57 Å². The third-order valence-electron chi connectivity index (χ3n) is 0. The highest BCUT2D eigenvalue weighted by atomic mass is 31.1. The van der Waals surface area contributed by atoms with E-state index in [0.717, 1.165) is 0 Å². The molecule has 0 aliphatic heterocycles. The Balaban J connectivity index is 0. The zero-order valence-corrected chi connectivity index (χ0v) is 4.75. The van der Waals surface area contributed by atoms with E-state index in [0.29, 0.717) is 0 Å². The molecule has 0 aromatic rings. The number of hydrogen-bond donors (Lipinski definition) is 0. The lowest BCUT2D eigenvalue weighted by Gasteiger charge is -1.37. The van der Waals surface area contributed by atoms with Gasteiger partial charge in [-0.25, -0.2) is 0 Å². The van der Waals surface area contributed by atoms with Crippen molar-refractivity contribution in [3.8, 4) is 0 Å². The summed E-state index contributed by atoms with van der Waals surface area (Å²) in [6.45, 7) is 3.35. The molecule has 0 N–H and O–H groups in total. The van der Waals surface area contributed by atoms with Crippen molar-refractivity contribution in [1.29, 1.82) is 0 Å². The molecule has 0 aromatic carbocycles. The summed E-state index contributed by atoms with van der Waals surface area (Å²) in [7, 11) is -0.870. The van der Waals surface area contributed by atoms with E-state index in [1.165, 1.54) is 0 Å². The Kier molecular flexibility index (Phi) is 7.32. The number of rotatable bonds is 0. The fraction of sp³-hybridized carbons (Fsp3) is 0.667.